The van der Waals surface area contributed by atoms with Gasteiger partial charge >= 0.3 is 0 Å². The summed E-state index contributed by atoms with van der Waals surface area (Å²) >= 11 is 0. The normalized spacial score (nSPS) is 36.3. The number of ether oxygens (including phenoxy) is 1. The molecule has 2 fully saturated rings. The van der Waals surface area contributed by atoms with Crippen LogP contribution < -0.4 is 5.32 Å². The van der Waals surface area contributed by atoms with Gasteiger partial charge in [-0.05, 0) is 12.8 Å². The third kappa shape index (κ3) is 2.82. The van der Waals surface area contributed by atoms with Crippen LogP contribution in [0.5, 0.6) is 0 Å². The molecule has 0 aromatic rings. The molecule has 0 bridgehead atoms. The summed E-state index contributed by atoms with van der Waals surface area (Å²) < 4.78 is 28.1. The van der Waals surface area contributed by atoms with Gasteiger partial charge in [0.2, 0.25) is 0 Å². The van der Waals surface area contributed by atoms with E-state index in [1.54, 1.807) is 0 Å². The molecule has 84 valence electrons. The van der Waals surface area contributed by atoms with E-state index in [0.29, 0.717) is 18.1 Å². The number of nitrogens with one attached hydrogen (secondary N) is 1. The van der Waals surface area contributed by atoms with Crippen LogP contribution in [0.3, 0.4) is 0 Å². The van der Waals surface area contributed by atoms with E-state index in [4.69, 9.17) is 4.74 Å². The quantitative estimate of drug-likeness (QED) is 0.712. The van der Waals surface area contributed by atoms with Gasteiger partial charge in [0.25, 0.3) is 0 Å². The summed E-state index contributed by atoms with van der Waals surface area (Å²) in [6.07, 6.45) is 1.74. The highest BCUT2D eigenvalue weighted by Crippen LogP contribution is 2.23. The van der Waals surface area contributed by atoms with E-state index in [2.05, 4.69) is 5.32 Å². The summed E-state index contributed by atoms with van der Waals surface area (Å²) in [5, 5.41) is 3.18. The molecule has 0 spiro atoms. The van der Waals surface area contributed by atoms with E-state index < -0.39 is 9.84 Å². The average molecular weight is 242 g/mol. The zero-order chi connectivity index (χ0) is 9.31. The first-order valence-corrected chi connectivity index (χ1v) is 6.55. The lowest BCUT2D eigenvalue weighted by Crippen LogP contribution is -2.39. The standard InChI is InChI=1S/C8H15NO3S.ClH/c10-13(11)5-1-2-7(6-13)8-9-3-4-12-8;/h7-9H,1-6H2;1H. The lowest BCUT2D eigenvalue weighted by molar-refractivity contribution is 0.0550. The molecule has 4 nitrogen and oxygen atoms in total. The molecular weight excluding hydrogens is 226 g/mol. The second-order valence-corrected chi connectivity index (χ2v) is 5.99. The molecule has 1 N–H and O–H groups in total. The van der Waals surface area contributed by atoms with Crippen LogP contribution in [0.15, 0.2) is 0 Å². The van der Waals surface area contributed by atoms with Crippen molar-refractivity contribution in [3.8, 4) is 0 Å². The fourth-order valence-corrected chi connectivity index (χ4v) is 3.81. The maximum absolute atomic E-state index is 11.3. The van der Waals surface area contributed by atoms with Gasteiger partial charge in [0.15, 0.2) is 9.84 Å². The number of hydrogen-bond acceptors (Lipinski definition) is 4. The monoisotopic (exact) mass is 241 g/mol. The van der Waals surface area contributed by atoms with Crippen molar-refractivity contribution >= 4 is 22.2 Å². The number of rotatable bonds is 1. The van der Waals surface area contributed by atoms with Crippen molar-refractivity contribution in [1.29, 1.82) is 0 Å². The van der Waals surface area contributed by atoms with Crippen LogP contribution in [0.2, 0.25) is 0 Å². The molecule has 0 aliphatic carbocycles. The van der Waals surface area contributed by atoms with Crippen LogP contribution in [-0.4, -0.2) is 39.3 Å². The lowest BCUT2D eigenvalue weighted by atomic mass is 10.0. The zero-order valence-corrected chi connectivity index (χ0v) is 9.57. The number of hydrogen-bond donors (Lipinski definition) is 1. The fourth-order valence-electron chi connectivity index (χ4n) is 2.05. The van der Waals surface area contributed by atoms with Gasteiger partial charge in [0.1, 0.15) is 6.23 Å². The molecule has 2 saturated heterocycles. The van der Waals surface area contributed by atoms with Crippen LogP contribution in [0.25, 0.3) is 0 Å². The van der Waals surface area contributed by atoms with Crippen LogP contribution >= 0.6 is 12.4 Å². The second-order valence-electron chi connectivity index (χ2n) is 3.76. The molecule has 0 aromatic heterocycles. The van der Waals surface area contributed by atoms with E-state index in [-0.39, 0.29) is 24.6 Å². The maximum Gasteiger partial charge on any atom is 0.150 e. The summed E-state index contributed by atoms with van der Waals surface area (Å²) in [6.45, 7) is 1.56. The maximum atomic E-state index is 11.3. The summed E-state index contributed by atoms with van der Waals surface area (Å²) in [6, 6.07) is 0. The molecule has 0 saturated carbocycles. The first-order chi connectivity index (χ1) is 6.17. The molecule has 2 aliphatic rings. The van der Waals surface area contributed by atoms with Gasteiger partial charge < -0.3 is 4.74 Å². The molecule has 0 aromatic carbocycles. The zero-order valence-electron chi connectivity index (χ0n) is 7.94. The van der Waals surface area contributed by atoms with Gasteiger partial charge in [0.05, 0.1) is 18.1 Å². The van der Waals surface area contributed by atoms with E-state index in [1.807, 2.05) is 0 Å². The molecule has 0 amide bonds. The van der Waals surface area contributed by atoms with E-state index in [1.165, 1.54) is 0 Å². The average Bonchev–Trinajstić information content (AvgIpc) is 2.53. The Morgan fingerprint density at radius 3 is 2.71 bits per heavy atom. The van der Waals surface area contributed by atoms with Gasteiger partial charge in [-0.15, -0.1) is 12.4 Å². The molecule has 2 aliphatic heterocycles. The number of halogens is 1. The van der Waals surface area contributed by atoms with Crippen LogP contribution in [-0.2, 0) is 14.6 Å². The Hall–Kier alpha value is 0.160. The topological polar surface area (TPSA) is 55.4 Å². The summed E-state index contributed by atoms with van der Waals surface area (Å²) in [5.74, 6) is 0.821. The van der Waals surface area contributed by atoms with Crippen molar-refractivity contribution in [2.24, 2.45) is 5.92 Å². The molecule has 0 radical (unpaired) electrons. The Balaban J connectivity index is 0.000000980. The molecule has 6 heteroatoms. The first kappa shape index (κ1) is 12.2. The van der Waals surface area contributed by atoms with Gasteiger partial charge in [-0.25, -0.2) is 8.42 Å². The van der Waals surface area contributed by atoms with Crippen molar-refractivity contribution < 1.29 is 13.2 Å². The first-order valence-electron chi connectivity index (χ1n) is 4.73. The Morgan fingerprint density at radius 2 is 2.14 bits per heavy atom. The van der Waals surface area contributed by atoms with E-state index in [9.17, 15) is 8.42 Å². The highest BCUT2D eigenvalue weighted by Gasteiger charge is 2.32. The Morgan fingerprint density at radius 1 is 1.36 bits per heavy atom. The molecule has 14 heavy (non-hydrogen) atoms. The lowest BCUT2D eigenvalue weighted by Gasteiger charge is -2.26. The highest BCUT2D eigenvalue weighted by atomic mass is 35.5. The van der Waals surface area contributed by atoms with E-state index in [0.717, 1.165) is 19.4 Å². The van der Waals surface area contributed by atoms with Crippen LogP contribution in [0, 0.1) is 5.92 Å². The van der Waals surface area contributed by atoms with Gasteiger partial charge in [0, 0.05) is 12.5 Å². The minimum absolute atomic E-state index is 0. The minimum Gasteiger partial charge on any atom is -0.362 e. The predicted octanol–water partition coefficient (Wildman–Crippen LogP) is 0.179. The SMILES string of the molecule is Cl.O=S1(=O)CCCC(C2NCCO2)C1. The van der Waals surface area contributed by atoms with Gasteiger partial charge in [-0.1, -0.05) is 0 Å². The van der Waals surface area contributed by atoms with Crippen molar-refractivity contribution in [1.82, 2.24) is 5.32 Å². The summed E-state index contributed by atoms with van der Waals surface area (Å²) in [7, 11) is -2.79. The Bertz CT molecular complexity index is 274. The third-order valence-corrected chi connectivity index (χ3v) is 4.52. The third-order valence-electron chi connectivity index (χ3n) is 2.67. The van der Waals surface area contributed by atoms with Gasteiger partial charge in [-0.3, -0.25) is 5.32 Å². The van der Waals surface area contributed by atoms with Gasteiger partial charge in [-0.2, -0.15) is 0 Å². The predicted molar refractivity (Wildman–Crippen MR) is 56.4 cm³/mol. The van der Waals surface area contributed by atoms with Crippen LogP contribution in [0.4, 0.5) is 0 Å². The second kappa shape index (κ2) is 4.79. The highest BCUT2D eigenvalue weighted by molar-refractivity contribution is 7.91. The van der Waals surface area contributed by atoms with E-state index >= 15 is 0 Å². The molecule has 2 heterocycles. The fraction of sp³-hybridized carbons (Fsp3) is 1.00. The summed E-state index contributed by atoms with van der Waals surface area (Å²) in [4.78, 5) is 0. The Kier molecular flexibility index (Phi) is 4.18. The molecule has 2 atom stereocenters. The minimum atomic E-state index is -2.79. The smallest absolute Gasteiger partial charge is 0.150 e. The number of sulfone groups is 1. The van der Waals surface area contributed by atoms with Crippen molar-refractivity contribution in [2.75, 3.05) is 24.7 Å². The van der Waals surface area contributed by atoms with Crippen molar-refractivity contribution in [3.05, 3.63) is 0 Å². The van der Waals surface area contributed by atoms with Crippen molar-refractivity contribution in [2.45, 2.75) is 19.1 Å². The van der Waals surface area contributed by atoms with Crippen molar-refractivity contribution in [3.63, 3.8) is 0 Å². The largest absolute Gasteiger partial charge is 0.362 e. The molecular formula is C8H16ClNO3S. The summed E-state index contributed by atoms with van der Waals surface area (Å²) in [5.41, 5.74) is 0. The molecule has 2 unspecified atom stereocenters. The molecule has 2 rings (SSSR count). The Labute approximate surface area is 90.7 Å². The van der Waals surface area contributed by atoms with Crippen LogP contribution in [0.1, 0.15) is 12.8 Å².